The molecule has 0 atom stereocenters. The van der Waals surface area contributed by atoms with E-state index in [1.807, 2.05) is 54.1 Å². The standard InChI is InChI=1S/C34H41BN8O3/c1-34(2)18-23-17-29-33(46)43(16-15-42(29)30(23)19-34)32-27(21-44)26(9-10-36-32)28(20-39(3)4)38-31(22-45)37-24-5-7-25(8-6-24)40-11-13-41(35)14-12-40/h5-10,17,20,22,44H,11-16,18-19,21H2,1-4H3,(H,37,38)/b28-20-. The third-order valence-corrected chi connectivity index (χ3v) is 8.90. The number of aldehydes is 1. The fraction of sp³-hybridized carbons (Fsp3) is 0.412. The first-order valence-electron chi connectivity index (χ1n) is 15.7. The highest BCUT2D eigenvalue weighted by molar-refractivity contribution is 6.33. The molecule has 3 aromatic rings. The van der Waals surface area contributed by atoms with Crippen molar-refractivity contribution < 1.29 is 14.7 Å². The molecule has 46 heavy (non-hydrogen) atoms. The maximum absolute atomic E-state index is 13.8. The number of benzene rings is 1. The molecule has 0 spiro atoms. The highest BCUT2D eigenvalue weighted by Crippen LogP contribution is 2.40. The van der Waals surface area contributed by atoms with Crippen molar-refractivity contribution in [3.63, 3.8) is 0 Å². The highest BCUT2D eigenvalue weighted by atomic mass is 16.3. The second-order valence-corrected chi connectivity index (χ2v) is 13.2. The van der Waals surface area contributed by atoms with Gasteiger partial charge in [0.15, 0.2) is 20.1 Å². The topological polar surface area (TPSA) is 110 Å². The molecule has 1 aromatic carbocycles. The van der Waals surface area contributed by atoms with Crippen molar-refractivity contribution in [2.75, 3.05) is 61.9 Å². The molecule has 3 aliphatic rings. The van der Waals surface area contributed by atoms with Gasteiger partial charge in [0.2, 0.25) is 0 Å². The predicted octanol–water partition coefficient (Wildman–Crippen LogP) is 2.94. The lowest BCUT2D eigenvalue weighted by Gasteiger charge is -2.34. The molecular weight excluding hydrogens is 579 g/mol. The number of aliphatic hydroxyl groups is 1. The highest BCUT2D eigenvalue weighted by Gasteiger charge is 2.37. The van der Waals surface area contributed by atoms with E-state index in [0.29, 0.717) is 53.4 Å². The molecule has 0 unspecified atom stereocenters. The molecule has 2 radical (unpaired) electrons. The zero-order valence-corrected chi connectivity index (χ0v) is 27.0. The summed E-state index contributed by atoms with van der Waals surface area (Å²) < 4.78 is 2.15. The van der Waals surface area contributed by atoms with Crippen molar-refractivity contribution in [3.05, 3.63) is 76.9 Å². The van der Waals surface area contributed by atoms with Gasteiger partial charge in [-0.1, -0.05) is 13.8 Å². The number of carbonyl (C=O) groups is 2. The van der Waals surface area contributed by atoms with Gasteiger partial charge in [-0.15, -0.1) is 0 Å². The number of pyridine rings is 1. The van der Waals surface area contributed by atoms with E-state index in [2.05, 4.69) is 33.6 Å². The van der Waals surface area contributed by atoms with Gasteiger partial charge in [0.1, 0.15) is 11.5 Å². The molecule has 11 nitrogen and oxygen atoms in total. The Morgan fingerprint density at radius 2 is 1.83 bits per heavy atom. The maximum Gasteiger partial charge on any atom is 0.276 e. The largest absolute Gasteiger partial charge is 0.392 e. The summed E-state index contributed by atoms with van der Waals surface area (Å²) >= 11 is 0. The number of amides is 1. The third-order valence-electron chi connectivity index (χ3n) is 8.90. The van der Waals surface area contributed by atoms with Crippen LogP contribution in [0.3, 0.4) is 0 Å². The monoisotopic (exact) mass is 620 g/mol. The van der Waals surface area contributed by atoms with Gasteiger partial charge in [0.05, 0.1) is 12.3 Å². The van der Waals surface area contributed by atoms with Crippen molar-refractivity contribution >= 4 is 48.9 Å². The first kappa shape index (κ1) is 31.6. The molecule has 1 saturated heterocycles. The maximum atomic E-state index is 13.8. The van der Waals surface area contributed by atoms with Crippen LogP contribution in [0.5, 0.6) is 0 Å². The van der Waals surface area contributed by atoms with E-state index in [4.69, 9.17) is 13.0 Å². The fourth-order valence-corrected chi connectivity index (χ4v) is 6.72. The van der Waals surface area contributed by atoms with E-state index in [0.717, 1.165) is 44.7 Å². The average Bonchev–Trinajstić information content (AvgIpc) is 3.52. The van der Waals surface area contributed by atoms with E-state index in [1.54, 1.807) is 23.4 Å². The van der Waals surface area contributed by atoms with Crippen LogP contribution in [0.2, 0.25) is 0 Å². The molecule has 1 amide bonds. The second-order valence-electron chi connectivity index (χ2n) is 13.2. The Bertz CT molecular complexity index is 1690. The molecule has 2 aromatic heterocycles. The molecule has 4 heterocycles. The van der Waals surface area contributed by atoms with E-state index < -0.39 is 0 Å². The quantitative estimate of drug-likeness (QED) is 0.171. The van der Waals surface area contributed by atoms with Crippen LogP contribution in [-0.2, 0) is 30.8 Å². The Morgan fingerprint density at radius 1 is 1.09 bits per heavy atom. The fourth-order valence-electron chi connectivity index (χ4n) is 6.72. The summed E-state index contributed by atoms with van der Waals surface area (Å²) in [6.07, 6.45) is 5.96. The molecule has 2 aliphatic heterocycles. The first-order valence-corrected chi connectivity index (χ1v) is 15.7. The van der Waals surface area contributed by atoms with Crippen LogP contribution < -0.4 is 15.1 Å². The number of piperazine rings is 1. The summed E-state index contributed by atoms with van der Waals surface area (Å²) in [4.78, 5) is 42.9. The molecule has 2 N–H and O–H groups in total. The minimum atomic E-state index is -0.363. The number of nitrogens with zero attached hydrogens (tertiary/aromatic N) is 7. The summed E-state index contributed by atoms with van der Waals surface area (Å²) in [6.45, 7) is 8.54. The Hall–Kier alpha value is -4.42. The summed E-state index contributed by atoms with van der Waals surface area (Å²) in [7, 11) is 9.61. The van der Waals surface area contributed by atoms with Crippen LogP contribution in [0.1, 0.15) is 46.7 Å². The minimum absolute atomic E-state index is 0.101. The van der Waals surface area contributed by atoms with Gasteiger partial charge < -0.3 is 29.6 Å². The van der Waals surface area contributed by atoms with Crippen molar-refractivity contribution in [2.24, 2.45) is 10.4 Å². The van der Waals surface area contributed by atoms with Crippen molar-refractivity contribution in [1.82, 2.24) is 19.3 Å². The number of fused-ring (bicyclic) bond motifs is 3. The zero-order valence-electron chi connectivity index (χ0n) is 27.0. The normalized spacial score (nSPS) is 18.4. The number of amidine groups is 1. The van der Waals surface area contributed by atoms with Gasteiger partial charge in [-0.25, -0.2) is 9.98 Å². The summed E-state index contributed by atoms with van der Waals surface area (Å²) in [6, 6.07) is 11.6. The number of carbonyl (C=O) groups excluding carboxylic acids is 2. The Morgan fingerprint density at radius 3 is 2.50 bits per heavy atom. The number of aliphatic hydroxyl groups excluding tert-OH is 1. The number of anilines is 3. The lowest BCUT2D eigenvalue weighted by molar-refractivity contribution is -0.102. The van der Waals surface area contributed by atoms with Crippen LogP contribution in [0.4, 0.5) is 17.2 Å². The summed E-state index contributed by atoms with van der Waals surface area (Å²) in [5, 5.41) is 13.8. The van der Waals surface area contributed by atoms with Gasteiger partial charge in [-0.05, 0) is 60.2 Å². The molecular formula is C34H41BN8O3. The molecule has 6 rings (SSSR count). The molecule has 0 bridgehead atoms. The summed E-state index contributed by atoms with van der Waals surface area (Å²) in [5.41, 5.74) is 6.63. The number of rotatable bonds is 8. The average molecular weight is 621 g/mol. The van der Waals surface area contributed by atoms with Gasteiger partial charge in [-0.3, -0.25) is 14.5 Å². The van der Waals surface area contributed by atoms with Crippen LogP contribution in [0, 0.1) is 5.41 Å². The SMILES string of the molecule is [B]N1CCN(c2ccc(NC(C=O)=N/C(=C\N(C)C)c3ccnc(N4CCn5c(cc6c5CC(C)(C)C6)C4=O)c3CO)cc2)CC1. The van der Waals surface area contributed by atoms with Gasteiger partial charge in [-0.2, -0.15) is 0 Å². The van der Waals surface area contributed by atoms with Crippen LogP contribution in [0.15, 0.2) is 53.8 Å². The number of hydrogen-bond acceptors (Lipinski definition) is 8. The minimum Gasteiger partial charge on any atom is -0.392 e. The molecule has 0 saturated carbocycles. The van der Waals surface area contributed by atoms with Crippen molar-refractivity contribution in [1.29, 1.82) is 0 Å². The van der Waals surface area contributed by atoms with E-state index in [9.17, 15) is 14.7 Å². The number of nitrogens with one attached hydrogen (secondary N) is 1. The predicted molar refractivity (Wildman–Crippen MR) is 182 cm³/mol. The van der Waals surface area contributed by atoms with Crippen LogP contribution >= 0.6 is 0 Å². The Balaban J connectivity index is 1.27. The molecule has 1 fully saturated rings. The lowest BCUT2D eigenvalue weighted by Crippen LogP contribution is -2.45. The second kappa shape index (κ2) is 12.8. The molecule has 1 aliphatic carbocycles. The molecule has 12 heteroatoms. The smallest absolute Gasteiger partial charge is 0.276 e. The lowest BCUT2D eigenvalue weighted by atomic mass is 9.90. The molecule has 238 valence electrons. The Labute approximate surface area is 271 Å². The van der Waals surface area contributed by atoms with Crippen LogP contribution in [0.25, 0.3) is 5.70 Å². The van der Waals surface area contributed by atoms with Gasteiger partial charge in [0.25, 0.3) is 5.91 Å². The van der Waals surface area contributed by atoms with Crippen molar-refractivity contribution in [2.45, 2.75) is 39.8 Å². The van der Waals surface area contributed by atoms with Crippen LogP contribution in [-0.4, -0.2) is 97.2 Å². The third kappa shape index (κ3) is 6.32. The number of aromatic nitrogens is 2. The van der Waals surface area contributed by atoms with E-state index in [-0.39, 0.29) is 23.8 Å². The number of hydrogen-bond donors (Lipinski definition) is 2. The van der Waals surface area contributed by atoms with Gasteiger partial charge in [0, 0.05) is 94.0 Å². The number of aliphatic imine (C=N–C) groups is 1. The first-order chi connectivity index (χ1) is 22.1. The Kier molecular flexibility index (Phi) is 8.76. The van der Waals surface area contributed by atoms with Gasteiger partial charge >= 0.3 is 0 Å². The van der Waals surface area contributed by atoms with Crippen molar-refractivity contribution in [3.8, 4) is 0 Å². The van der Waals surface area contributed by atoms with E-state index in [1.165, 1.54) is 11.3 Å². The van der Waals surface area contributed by atoms with E-state index >= 15 is 0 Å². The summed E-state index contributed by atoms with van der Waals surface area (Å²) in [5.74, 6) is 0.358. The zero-order chi connectivity index (χ0) is 32.6.